The van der Waals surface area contributed by atoms with Crippen molar-refractivity contribution in [3.05, 3.63) is 41.5 Å². The first-order chi connectivity index (χ1) is 13.5. The van der Waals surface area contributed by atoms with Gasteiger partial charge in [0.15, 0.2) is 23.0 Å². The van der Waals surface area contributed by atoms with Crippen LogP contribution in [0.15, 0.2) is 35.4 Å². The highest BCUT2D eigenvalue weighted by molar-refractivity contribution is 6.01. The number of rotatable bonds is 8. The number of hydrogen-bond acceptors (Lipinski definition) is 7. The van der Waals surface area contributed by atoms with Crippen LogP contribution in [0.5, 0.6) is 28.7 Å². The van der Waals surface area contributed by atoms with E-state index < -0.39 is 5.91 Å². The van der Waals surface area contributed by atoms with Crippen molar-refractivity contribution < 1.29 is 28.5 Å². The molecule has 1 N–H and O–H groups in total. The van der Waals surface area contributed by atoms with Gasteiger partial charge in [0, 0.05) is 11.1 Å². The molecular weight excluding hydrogens is 364 g/mol. The van der Waals surface area contributed by atoms with Gasteiger partial charge in [-0.3, -0.25) is 4.79 Å². The number of nitrogens with zero attached hydrogens (tertiary/aromatic N) is 1. The van der Waals surface area contributed by atoms with E-state index in [-0.39, 0.29) is 0 Å². The summed E-state index contributed by atoms with van der Waals surface area (Å²) in [7, 11) is 7.59. The second-order valence-corrected chi connectivity index (χ2v) is 5.62. The summed E-state index contributed by atoms with van der Waals surface area (Å²) < 4.78 is 26.3. The Kier molecular flexibility index (Phi) is 7.08. The molecule has 0 aromatic heterocycles. The monoisotopic (exact) mass is 388 g/mol. The number of hydrogen-bond donors (Lipinski definition) is 1. The number of amides is 1. The predicted molar refractivity (Wildman–Crippen MR) is 105 cm³/mol. The van der Waals surface area contributed by atoms with Crippen molar-refractivity contribution in [2.45, 2.75) is 6.92 Å². The minimum Gasteiger partial charge on any atom is -0.493 e. The molecule has 0 saturated carbocycles. The number of carbonyl (C=O) groups excluding carboxylic acids is 1. The largest absolute Gasteiger partial charge is 0.493 e. The van der Waals surface area contributed by atoms with Gasteiger partial charge in [0.2, 0.25) is 5.75 Å². The quantitative estimate of drug-likeness (QED) is 0.553. The molecule has 0 saturated heterocycles. The smallest absolute Gasteiger partial charge is 0.271 e. The van der Waals surface area contributed by atoms with Gasteiger partial charge in [-0.1, -0.05) is 0 Å². The maximum atomic E-state index is 12.5. The minimum atomic E-state index is -0.418. The van der Waals surface area contributed by atoms with Crippen LogP contribution in [0.4, 0.5) is 0 Å². The molecule has 0 bridgehead atoms. The Morgan fingerprint density at radius 3 is 1.79 bits per heavy atom. The van der Waals surface area contributed by atoms with Gasteiger partial charge >= 0.3 is 0 Å². The summed E-state index contributed by atoms with van der Waals surface area (Å²) in [6, 6.07) is 8.49. The van der Waals surface area contributed by atoms with Gasteiger partial charge in [-0.2, -0.15) is 5.10 Å². The summed E-state index contributed by atoms with van der Waals surface area (Å²) in [5.41, 5.74) is 4.23. The average Bonchev–Trinajstić information content (AvgIpc) is 2.75. The average molecular weight is 388 g/mol. The zero-order valence-corrected chi connectivity index (χ0v) is 16.8. The molecule has 0 aliphatic rings. The lowest BCUT2D eigenvalue weighted by molar-refractivity contribution is 0.0954. The molecule has 0 unspecified atom stereocenters. The van der Waals surface area contributed by atoms with Gasteiger partial charge in [-0.25, -0.2) is 5.43 Å². The lowest BCUT2D eigenvalue weighted by atomic mass is 10.1. The molecule has 2 aromatic rings. The van der Waals surface area contributed by atoms with Crippen molar-refractivity contribution >= 4 is 11.6 Å². The lowest BCUT2D eigenvalue weighted by Gasteiger charge is -2.13. The molecule has 0 aliphatic heterocycles. The Morgan fingerprint density at radius 1 is 0.750 bits per heavy atom. The van der Waals surface area contributed by atoms with Crippen LogP contribution < -0.4 is 29.1 Å². The maximum Gasteiger partial charge on any atom is 0.271 e. The number of hydrazone groups is 1. The summed E-state index contributed by atoms with van der Waals surface area (Å²) in [5.74, 6) is 1.94. The van der Waals surface area contributed by atoms with E-state index in [9.17, 15) is 4.79 Å². The number of benzene rings is 2. The minimum absolute atomic E-state index is 0.318. The Bertz CT molecular complexity index is 854. The fraction of sp³-hybridized carbons (Fsp3) is 0.300. The highest BCUT2D eigenvalue weighted by Crippen LogP contribution is 2.38. The Morgan fingerprint density at radius 2 is 1.29 bits per heavy atom. The topological polar surface area (TPSA) is 87.6 Å². The first-order valence-corrected chi connectivity index (χ1v) is 8.36. The fourth-order valence-electron chi connectivity index (χ4n) is 2.54. The highest BCUT2D eigenvalue weighted by atomic mass is 16.5. The Hall–Kier alpha value is -3.42. The number of carbonyl (C=O) groups is 1. The summed E-state index contributed by atoms with van der Waals surface area (Å²) >= 11 is 0. The third-order valence-electron chi connectivity index (χ3n) is 4.05. The molecule has 0 atom stereocenters. The number of nitrogens with one attached hydrogen (secondary N) is 1. The van der Waals surface area contributed by atoms with E-state index in [1.807, 2.05) is 6.07 Å². The SMILES string of the molecule is COc1ccc(C(C)=NNC(=O)c2cc(OC)c(OC)c(OC)c2)cc1OC. The zero-order chi connectivity index (χ0) is 20.7. The van der Waals surface area contributed by atoms with Crippen LogP contribution in [0.3, 0.4) is 0 Å². The van der Waals surface area contributed by atoms with Crippen molar-refractivity contribution in [3.63, 3.8) is 0 Å². The fourth-order valence-corrected chi connectivity index (χ4v) is 2.54. The van der Waals surface area contributed by atoms with Crippen molar-refractivity contribution in [2.24, 2.45) is 5.10 Å². The van der Waals surface area contributed by atoms with Crippen molar-refractivity contribution in [3.8, 4) is 28.7 Å². The molecule has 28 heavy (non-hydrogen) atoms. The van der Waals surface area contributed by atoms with E-state index in [1.54, 1.807) is 45.4 Å². The molecular formula is C20H24N2O6. The Balaban J connectivity index is 2.25. The highest BCUT2D eigenvalue weighted by Gasteiger charge is 2.17. The van der Waals surface area contributed by atoms with E-state index in [1.165, 1.54) is 21.3 Å². The molecule has 0 spiro atoms. The Labute approximate surface area is 164 Å². The molecule has 0 radical (unpaired) electrons. The van der Waals surface area contributed by atoms with Crippen LogP contribution in [0.25, 0.3) is 0 Å². The standard InChI is InChI=1S/C20H24N2O6/c1-12(13-7-8-15(24-2)16(9-13)25-3)21-22-20(23)14-10-17(26-4)19(28-6)18(11-14)27-5/h7-11H,1-6H3,(H,22,23). The van der Waals surface area contributed by atoms with Crippen LogP contribution >= 0.6 is 0 Å². The van der Waals surface area contributed by atoms with Crippen LogP contribution in [-0.2, 0) is 0 Å². The van der Waals surface area contributed by atoms with Crippen LogP contribution in [0.2, 0.25) is 0 Å². The maximum absolute atomic E-state index is 12.5. The lowest BCUT2D eigenvalue weighted by Crippen LogP contribution is -2.19. The summed E-state index contributed by atoms with van der Waals surface area (Å²) in [6.45, 7) is 1.77. The van der Waals surface area contributed by atoms with E-state index >= 15 is 0 Å². The normalized spacial score (nSPS) is 10.9. The molecule has 0 heterocycles. The van der Waals surface area contributed by atoms with Gasteiger partial charge in [0.1, 0.15) is 0 Å². The first-order valence-electron chi connectivity index (χ1n) is 8.36. The predicted octanol–water partition coefficient (Wildman–Crippen LogP) is 2.88. The zero-order valence-electron chi connectivity index (χ0n) is 16.8. The van der Waals surface area contributed by atoms with Gasteiger partial charge < -0.3 is 23.7 Å². The first kappa shape index (κ1) is 20.9. The van der Waals surface area contributed by atoms with Gasteiger partial charge in [-0.05, 0) is 37.3 Å². The van der Waals surface area contributed by atoms with E-state index in [2.05, 4.69) is 10.5 Å². The van der Waals surface area contributed by atoms with Crippen molar-refractivity contribution in [1.29, 1.82) is 0 Å². The van der Waals surface area contributed by atoms with E-state index in [0.717, 1.165) is 5.56 Å². The second kappa shape index (κ2) is 9.50. The van der Waals surface area contributed by atoms with Crippen LogP contribution in [0, 0.1) is 0 Å². The van der Waals surface area contributed by atoms with E-state index in [0.29, 0.717) is 40.0 Å². The van der Waals surface area contributed by atoms with Crippen LogP contribution in [0.1, 0.15) is 22.8 Å². The third kappa shape index (κ3) is 4.46. The van der Waals surface area contributed by atoms with Gasteiger partial charge in [-0.15, -0.1) is 0 Å². The molecule has 0 aliphatic carbocycles. The molecule has 8 nitrogen and oxygen atoms in total. The van der Waals surface area contributed by atoms with Crippen molar-refractivity contribution in [2.75, 3.05) is 35.5 Å². The summed E-state index contributed by atoms with van der Waals surface area (Å²) in [5, 5.41) is 4.16. The van der Waals surface area contributed by atoms with Gasteiger partial charge in [0.25, 0.3) is 5.91 Å². The summed E-state index contributed by atoms with van der Waals surface area (Å²) in [4.78, 5) is 12.5. The molecule has 2 aromatic carbocycles. The number of methoxy groups -OCH3 is 5. The van der Waals surface area contributed by atoms with Gasteiger partial charge in [0.05, 0.1) is 41.3 Å². The van der Waals surface area contributed by atoms with E-state index in [4.69, 9.17) is 23.7 Å². The second-order valence-electron chi connectivity index (χ2n) is 5.62. The molecule has 8 heteroatoms. The molecule has 150 valence electrons. The molecule has 1 amide bonds. The van der Waals surface area contributed by atoms with Crippen molar-refractivity contribution in [1.82, 2.24) is 5.43 Å². The summed E-state index contributed by atoms with van der Waals surface area (Å²) in [6.07, 6.45) is 0. The molecule has 0 fully saturated rings. The van der Waals surface area contributed by atoms with Crippen LogP contribution in [-0.4, -0.2) is 47.2 Å². The molecule has 2 rings (SSSR count). The third-order valence-corrected chi connectivity index (χ3v) is 4.05. The number of ether oxygens (including phenoxy) is 5.